The SMILES string of the molecule is Cc1c(O)c(C)c2nc(COc3ccc(CN4C(=O)CSC4=O)cc3)n(C)c2c1C.Cl. The minimum atomic E-state index is -0.200. The van der Waals surface area contributed by atoms with E-state index in [1.54, 1.807) is 0 Å². The summed E-state index contributed by atoms with van der Waals surface area (Å²) < 4.78 is 7.91. The molecule has 0 unspecified atom stereocenters. The Bertz CT molecular complexity index is 1160. The number of aromatic nitrogens is 2. The lowest BCUT2D eigenvalue weighted by Gasteiger charge is -2.13. The smallest absolute Gasteiger partial charge is 0.289 e. The van der Waals surface area contributed by atoms with Crippen LogP contribution in [0, 0.1) is 20.8 Å². The Labute approximate surface area is 190 Å². The molecule has 0 atom stereocenters. The van der Waals surface area contributed by atoms with E-state index in [2.05, 4.69) is 4.98 Å². The molecule has 1 aliphatic heterocycles. The van der Waals surface area contributed by atoms with Gasteiger partial charge >= 0.3 is 0 Å². The summed E-state index contributed by atoms with van der Waals surface area (Å²) in [6.45, 7) is 6.31. The second-order valence-electron chi connectivity index (χ2n) is 7.47. The van der Waals surface area contributed by atoms with Crippen molar-refractivity contribution >= 4 is 46.3 Å². The molecule has 0 saturated carbocycles. The number of thioether (sulfide) groups is 1. The second-order valence-corrected chi connectivity index (χ2v) is 8.40. The molecule has 4 rings (SSSR count). The molecule has 0 spiro atoms. The van der Waals surface area contributed by atoms with Crippen LogP contribution in [-0.4, -0.2) is 36.5 Å². The highest BCUT2D eigenvalue weighted by molar-refractivity contribution is 8.14. The first-order chi connectivity index (χ1) is 14.3. The highest BCUT2D eigenvalue weighted by Crippen LogP contribution is 2.34. The van der Waals surface area contributed by atoms with E-state index in [1.165, 1.54) is 4.90 Å². The maximum Gasteiger partial charge on any atom is 0.289 e. The summed E-state index contributed by atoms with van der Waals surface area (Å²) in [6, 6.07) is 7.35. The number of halogens is 1. The lowest BCUT2D eigenvalue weighted by Crippen LogP contribution is -2.27. The number of amides is 2. The molecule has 7 nitrogen and oxygen atoms in total. The number of phenols is 1. The van der Waals surface area contributed by atoms with Crippen LogP contribution in [0.25, 0.3) is 11.0 Å². The third-order valence-corrected chi connectivity index (χ3v) is 6.50. The van der Waals surface area contributed by atoms with E-state index in [0.717, 1.165) is 50.9 Å². The Kier molecular flexibility index (Phi) is 6.52. The van der Waals surface area contributed by atoms with Crippen LogP contribution < -0.4 is 4.74 Å². The number of nitrogens with zero attached hydrogens (tertiary/aromatic N) is 3. The molecule has 0 aliphatic carbocycles. The molecule has 0 bridgehead atoms. The quantitative estimate of drug-likeness (QED) is 0.606. The summed E-state index contributed by atoms with van der Waals surface area (Å²) in [6.07, 6.45) is 0. The Morgan fingerprint density at radius 2 is 1.77 bits per heavy atom. The molecule has 2 heterocycles. The zero-order valence-corrected chi connectivity index (χ0v) is 19.4. The van der Waals surface area contributed by atoms with Crippen LogP contribution in [0.1, 0.15) is 28.1 Å². The van der Waals surface area contributed by atoms with Gasteiger partial charge in [0.05, 0.1) is 23.3 Å². The van der Waals surface area contributed by atoms with Crippen molar-refractivity contribution in [3.63, 3.8) is 0 Å². The zero-order valence-electron chi connectivity index (χ0n) is 17.8. The molecule has 0 radical (unpaired) electrons. The maximum atomic E-state index is 11.7. The molecule has 1 aromatic heterocycles. The van der Waals surface area contributed by atoms with E-state index in [9.17, 15) is 14.7 Å². The van der Waals surface area contributed by atoms with Gasteiger partial charge < -0.3 is 14.4 Å². The third-order valence-electron chi connectivity index (χ3n) is 5.64. The Balaban J connectivity index is 0.00000272. The average Bonchev–Trinajstić information content (AvgIpc) is 3.24. The molecule has 2 aromatic carbocycles. The van der Waals surface area contributed by atoms with Crippen LogP contribution in [0.5, 0.6) is 11.5 Å². The van der Waals surface area contributed by atoms with Crippen LogP contribution in [0.4, 0.5) is 4.79 Å². The van der Waals surface area contributed by atoms with Gasteiger partial charge in [0, 0.05) is 12.6 Å². The summed E-state index contributed by atoms with van der Waals surface area (Å²) in [5, 5.41) is 10.1. The topological polar surface area (TPSA) is 84.7 Å². The molecule has 9 heteroatoms. The van der Waals surface area contributed by atoms with Crippen molar-refractivity contribution in [1.82, 2.24) is 14.5 Å². The van der Waals surface area contributed by atoms with Crippen molar-refractivity contribution in [2.45, 2.75) is 33.9 Å². The van der Waals surface area contributed by atoms with E-state index >= 15 is 0 Å². The molecule has 164 valence electrons. The molecule has 31 heavy (non-hydrogen) atoms. The summed E-state index contributed by atoms with van der Waals surface area (Å²) in [5.41, 5.74) is 5.27. The minimum absolute atomic E-state index is 0. The standard InChI is InChI=1S/C22H23N3O4S.ClH/c1-12-13(2)21(27)14(3)19-20(12)24(4)17(23-19)10-29-16-7-5-15(6-8-16)9-25-18(26)11-30-22(25)28;/h5-8,27H,9-11H2,1-4H3;1H. The van der Waals surface area contributed by atoms with Gasteiger partial charge in [0.1, 0.15) is 23.9 Å². The second kappa shape index (κ2) is 8.80. The average molecular weight is 462 g/mol. The van der Waals surface area contributed by atoms with Crippen LogP contribution in [0.3, 0.4) is 0 Å². The fourth-order valence-electron chi connectivity index (χ4n) is 3.67. The number of phenolic OH excluding ortho intramolecular Hbond substituents is 1. The fraction of sp³-hybridized carbons (Fsp3) is 0.318. The summed E-state index contributed by atoms with van der Waals surface area (Å²) in [7, 11) is 1.95. The van der Waals surface area contributed by atoms with Crippen molar-refractivity contribution in [2.24, 2.45) is 7.05 Å². The van der Waals surface area contributed by atoms with Gasteiger partial charge in [-0.2, -0.15) is 0 Å². The Hall–Kier alpha value is -2.71. The zero-order chi connectivity index (χ0) is 21.6. The highest BCUT2D eigenvalue weighted by atomic mass is 35.5. The molecule has 1 fully saturated rings. The van der Waals surface area contributed by atoms with E-state index in [0.29, 0.717) is 5.75 Å². The predicted octanol–water partition coefficient (Wildman–Crippen LogP) is 4.40. The number of benzene rings is 2. The summed E-state index contributed by atoms with van der Waals surface area (Å²) in [5.74, 6) is 1.78. The molecule has 1 saturated heterocycles. The third kappa shape index (κ3) is 4.09. The van der Waals surface area contributed by atoms with Crippen molar-refractivity contribution in [3.8, 4) is 11.5 Å². The number of imide groups is 1. The highest BCUT2D eigenvalue weighted by Gasteiger charge is 2.29. The van der Waals surface area contributed by atoms with Gasteiger partial charge in [-0.1, -0.05) is 23.9 Å². The first-order valence-corrected chi connectivity index (χ1v) is 10.6. The number of carbonyl (C=O) groups is 2. The molecule has 3 aromatic rings. The predicted molar refractivity (Wildman–Crippen MR) is 123 cm³/mol. The first-order valence-electron chi connectivity index (χ1n) is 9.60. The van der Waals surface area contributed by atoms with Gasteiger partial charge in [-0.25, -0.2) is 4.98 Å². The van der Waals surface area contributed by atoms with Gasteiger partial charge in [0.15, 0.2) is 0 Å². The first kappa shape index (κ1) is 23.0. The van der Waals surface area contributed by atoms with E-state index in [-0.39, 0.29) is 48.2 Å². The normalized spacial score (nSPS) is 13.7. The number of hydrogen-bond acceptors (Lipinski definition) is 6. The lowest BCUT2D eigenvalue weighted by atomic mass is 10.0. The van der Waals surface area contributed by atoms with Gasteiger partial charge in [0.25, 0.3) is 5.24 Å². The number of aromatic hydroxyl groups is 1. The Morgan fingerprint density at radius 3 is 2.39 bits per heavy atom. The number of carbonyl (C=O) groups excluding carboxylic acids is 2. The number of ether oxygens (including phenoxy) is 1. The fourth-order valence-corrected chi connectivity index (χ4v) is 4.39. The van der Waals surface area contributed by atoms with Crippen molar-refractivity contribution < 1.29 is 19.4 Å². The van der Waals surface area contributed by atoms with Gasteiger partial charge in [-0.3, -0.25) is 14.5 Å². The van der Waals surface area contributed by atoms with Crippen molar-refractivity contribution in [2.75, 3.05) is 5.75 Å². The monoisotopic (exact) mass is 461 g/mol. The van der Waals surface area contributed by atoms with Crippen LogP contribution in [0.2, 0.25) is 0 Å². The Morgan fingerprint density at radius 1 is 1.10 bits per heavy atom. The molecular formula is C22H24ClN3O4S. The van der Waals surface area contributed by atoms with Gasteiger partial charge in [-0.15, -0.1) is 12.4 Å². The summed E-state index contributed by atoms with van der Waals surface area (Å²) >= 11 is 1.04. The van der Waals surface area contributed by atoms with E-state index in [1.807, 2.05) is 56.7 Å². The van der Waals surface area contributed by atoms with Crippen LogP contribution >= 0.6 is 24.2 Å². The summed E-state index contributed by atoms with van der Waals surface area (Å²) in [4.78, 5) is 29.4. The van der Waals surface area contributed by atoms with E-state index < -0.39 is 0 Å². The molecule has 1 aliphatic rings. The number of rotatable bonds is 5. The van der Waals surface area contributed by atoms with Gasteiger partial charge in [-0.05, 0) is 49.6 Å². The van der Waals surface area contributed by atoms with Crippen LogP contribution in [-0.2, 0) is 25.0 Å². The largest absolute Gasteiger partial charge is 0.507 e. The number of hydrogen-bond donors (Lipinski definition) is 1. The maximum absolute atomic E-state index is 11.7. The lowest BCUT2D eigenvalue weighted by molar-refractivity contribution is -0.125. The number of fused-ring (bicyclic) bond motifs is 1. The number of imidazole rings is 1. The van der Waals surface area contributed by atoms with Crippen molar-refractivity contribution in [3.05, 3.63) is 52.3 Å². The van der Waals surface area contributed by atoms with Crippen molar-refractivity contribution in [1.29, 1.82) is 0 Å². The minimum Gasteiger partial charge on any atom is -0.507 e. The molecule has 2 amide bonds. The van der Waals surface area contributed by atoms with E-state index in [4.69, 9.17) is 4.74 Å². The van der Waals surface area contributed by atoms with Gasteiger partial charge in [0.2, 0.25) is 5.91 Å². The van der Waals surface area contributed by atoms with Crippen LogP contribution in [0.15, 0.2) is 24.3 Å². The number of aryl methyl sites for hydroxylation is 3. The molecule has 1 N–H and O–H groups in total. The molecular weight excluding hydrogens is 438 g/mol.